The fourth-order valence-electron chi connectivity index (χ4n) is 2.62. The van der Waals surface area contributed by atoms with Crippen molar-refractivity contribution in [2.45, 2.75) is 25.8 Å². The Bertz CT molecular complexity index is 434. The SMILES string of the molecule is CCC[C@@H](c1c(F)ccc(Cl)c1Cl)N1CCNCC1. The zero-order chi connectivity index (χ0) is 13.8. The van der Waals surface area contributed by atoms with Crippen molar-refractivity contribution in [1.82, 2.24) is 10.2 Å². The normalized spacial score (nSPS) is 18.5. The van der Waals surface area contributed by atoms with Gasteiger partial charge in [0, 0.05) is 37.8 Å². The topological polar surface area (TPSA) is 15.3 Å². The van der Waals surface area contributed by atoms with Crippen LogP contribution in [0.2, 0.25) is 10.0 Å². The highest BCUT2D eigenvalue weighted by Crippen LogP contribution is 2.37. The van der Waals surface area contributed by atoms with Gasteiger partial charge in [-0.15, -0.1) is 0 Å². The Hall–Kier alpha value is -0.350. The number of benzene rings is 1. The molecule has 1 N–H and O–H groups in total. The van der Waals surface area contributed by atoms with Gasteiger partial charge in [0.25, 0.3) is 0 Å². The molecule has 2 rings (SSSR count). The fraction of sp³-hybridized carbons (Fsp3) is 0.571. The molecule has 1 aliphatic heterocycles. The number of nitrogens with zero attached hydrogens (tertiary/aromatic N) is 1. The van der Waals surface area contributed by atoms with Crippen LogP contribution in [0, 0.1) is 5.82 Å². The lowest BCUT2D eigenvalue weighted by Gasteiger charge is -2.35. The molecule has 2 nitrogen and oxygen atoms in total. The van der Waals surface area contributed by atoms with Crippen LogP contribution in [0.3, 0.4) is 0 Å². The first-order valence-electron chi connectivity index (χ1n) is 6.73. The Morgan fingerprint density at radius 2 is 2.00 bits per heavy atom. The second-order valence-electron chi connectivity index (χ2n) is 4.85. The number of halogens is 3. The largest absolute Gasteiger partial charge is 0.314 e. The highest BCUT2D eigenvalue weighted by Gasteiger charge is 2.26. The van der Waals surface area contributed by atoms with Crippen molar-refractivity contribution in [3.63, 3.8) is 0 Å². The molecule has 1 saturated heterocycles. The Morgan fingerprint density at radius 1 is 1.32 bits per heavy atom. The van der Waals surface area contributed by atoms with Crippen LogP contribution in [0.4, 0.5) is 4.39 Å². The average molecular weight is 305 g/mol. The predicted octanol–water partition coefficient (Wildman–Crippen LogP) is 3.88. The monoisotopic (exact) mass is 304 g/mol. The van der Waals surface area contributed by atoms with Crippen molar-refractivity contribution in [2.24, 2.45) is 0 Å². The molecule has 0 aromatic heterocycles. The third-order valence-corrected chi connectivity index (χ3v) is 4.39. The predicted molar refractivity (Wildman–Crippen MR) is 78.5 cm³/mol. The van der Waals surface area contributed by atoms with E-state index in [0.29, 0.717) is 15.6 Å². The molecule has 1 fully saturated rings. The van der Waals surface area contributed by atoms with E-state index in [1.807, 2.05) is 0 Å². The van der Waals surface area contributed by atoms with E-state index in [1.54, 1.807) is 0 Å². The summed E-state index contributed by atoms with van der Waals surface area (Å²) in [5.74, 6) is -0.258. The van der Waals surface area contributed by atoms with Gasteiger partial charge in [0.2, 0.25) is 0 Å². The van der Waals surface area contributed by atoms with E-state index < -0.39 is 0 Å². The quantitative estimate of drug-likeness (QED) is 0.849. The third kappa shape index (κ3) is 3.40. The van der Waals surface area contributed by atoms with Crippen LogP contribution in [-0.2, 0) is 0 Å². The van der Waals surface area contributed by atoms with Gasteiger partial charge in [0.1, 0.15) is 5.82 Å². The van der Waals surface area contributed by atoms with Crippen molar-refractivity contribution < 1.29 is 4.39 Å². The van der Waals surface area contributed by atoms with E-state index in [1.165, 1.54) is 12.1 Å². The Balaban J connectivity index is 2.35. The minimum Gasteiger partial charge on any atom is -0.314 e. The fourth-order valence-corrected chi connectivity index (χ4v) is 3.07. The lowest BCUT2D eigenvalue weighted by molar-refractivity contribution is 0.161. The minimum absolute atomic E-state index is 0.0123. The van der Waals surface area contributed by atoms with E-state index in [-0.39, 0.29) is 11.9 Å². The lowest BCUT2D eigenvalue weighted by Crippen LogP contribution is -2.45. The van der Waals surface area contributed by atoms with Crippen LogP contribution in [0.15, 0.2) is 12.1 Å². The van der Waals surface area contributed by atoms with Gasteiger partial charge >= 0.3 is 0 Å². The molecule has 0 unspecified atom stereocenters. The van der Waals surface area contributed by atoms with Gasteiger partial charge < -0.3 is 5.32 Å². The number of hydrogen-bond acceptors (Lipinski definition) is 2. The maximum absolute atomic E-state index is 14.2. The van der Waals surface area contributed by atoms with Crippen molar-refractivity contribution in [1.29, 1.82) is 0 Å². The molecule has 0 spiro atoms. The molecule has 5 heteroatoms. The van der Waals surface area contributed by atoms with E-state index in [4.69, 9.17) is 23.2 Å². The molecule has 1 aromatic rings. The summed E-state index contributed by atoms with van der Waals surface area (Å²) in [7, 11) is 0. The van der Waals surface area contributed by atoms with Crippen LogP contribution in [0.25, 0.3) is 0 Å². The molecular weight excluding hydrogens is 286 g/mol. The average Bonchev–Trinajstić information content (AvgIpc) is 2.43. The first-order valence-corrected chi connectivity index (χ1v) is 7.49. The van der Waals surface area contributed by atoms with Gasteiger partial charge in [-0.3, -0.25) is 4.90 Å². The Kier molecular flexibility index (Phi) is 5.46. The molecule has 0 saturated carbocycles. The highest BCUT2D eigenvalue weighted by atomic mass is 35.5. The number of piperazine rings is 1. The molecule has 1 aliphatic rings. The van der Waals surface area contributed by atoms with E-state index in [9.17, 15) is 4.39 Å². The summed E-state index contributed by atoms with van der Waals surface area (Å²) in [5.41, 5.74) is 0.554. The van der Waals surface area contributed by atoms with Gasteiger partial charge in [0.05, 0.1) is 10.0 Å². The summed E-state index contributed by atoms with van der Waals surface area (Å²) < 4.78 is 14.2. The van der Waals surface area contributed by atoms with Gasteiger partial charge in [0.15, 0.2) is 0 Å². The zero-order valence-corrected chi connectivity index (χ0v) is 12.6. The van der Waals surface area contributed by atoms with Crippen LogP contribution < -0.4 is 5.32 Å². The highest BCUT2D eigenvalue weighted by molar-refractivity contribution is 6.42. The summed E-state index contributed by atoms with van der Waals surface area (Å²) in [6.45, 7) is 5.78. The molecular formula is C14H19Cl2FN2. The third-order valence-electron chi connectivity index (χ3n) is 3.57. The van der Waals surface area contributed by atoms with Crippen LogP contribution in [0.1, 0.15) is 31.4 Å². The zero-order valence-electron chi connectivity index (χ0n) is 11.1. The molecule has 0 amide bonds. The molecule has 1 aromatic carbocycles. The molecule has 106 valence electrons. The number of rotatable bonds is 4. The summed E-state index contributed by atoms with van der Waals surface area (Å²) in [4.78, 5) is 2.29. The van der Waals surface area contributed by atoms with Gasteiger partial charge in [-0.05, 0) is 18.6 Å². The Morgan fingerprint density at radius 3 is 2.63 bits per heavy atom. The number of hydrogen-bond donors (Lipinski definition) is 1. The molecule has 1 atom stereocenters. The van der Waals surface area contributed by atoms with Gasteiger partial charge in [-0.2, -0.15) is 0 Å². The second kappa shape index (κ2) is 6.89. The van der Waals surface area contributed by atoms with Gasteiger partial charge in [-0.1, -0.05) is 36.5 Å². The van der Waals surface area contributed by atoms with Crippen molar-refractivity contribution in [3.8, 4) is 0 Å². The van der Waals surface area contributed by atoms with Crippen molar-refractivity contribution >= 4 is 23.2 Å². The molecule has 19 heavy (non-hydrogen) atoms. The Labute approximate surface area is 123 Å². The second-order valence-corrected chi connectivity index (χ2v) is 5.63. The van der Waals surface area contributed by atoms with E-state index in [2.05, 4.69) is 17.1 Å². The molecule has 0 radical (unpaired) electrons. The van der Waals surface area contributed by atoms with Crippen LogP contribution >= 0.6 is 23.2 Å². The molecule has 0 bridgehead atoms. The smallest absolute Gasteiger partial charge is 0.129 e. The first-order chi connectivity index (χ1) is 9.15. The minimum atomic E-state index is -0.258. The molecule has 0 aliphatic carbocycles. The summed E-state index contributed by atoms with van der Waals surface area (Å²) in [5, 5.41) is 4.09. The maximum atomic E-state index is 14.2. The van der Waals surface area contributed by atoms with Crippen LogP contribution in [-0.4, -0.2) is 31.1 Å². The van der Waals surface area contributed by atoms with E-state index in [0.717, 1.165) is 39.0 Å². The standard InChI is InChI=1S/C14H19Cl2FN2/c1-2-3-12(19-8-6-18-7-9-19)13-11(17)5-4-10(15)14(13)16/h4-5,12,18H,2-3,6-9H2,1H3/t12-/m0/s1. The summed E-state index contributed by atoms with van der Waals surface area (Å²) >= 11 is 12.3. The maximum Gasteiger partial charge on any atom is 0.129 e. The van der Waals surface area contributed by atoms with Crippen LogP contribution in [0.5, 0.6) is 0 Å². The van der Waals surface area contributed by atoms with Gasteiger partial charge in [-0.25, -0.2) is 4.39 Å². The lowest BCUT2D eigenvalue weighted by atomic mass is 9.99. The summed E-state index contributed by atoms with van der Waals surface area (Å²) in [6, 6.07) is 2.94. The summed E-state index contributed by atoms with van der Waals surface area (Å²) in [6.07, 6.45) is 1.87. The van der Waals surface area contributed by atoms with Crippen molar-refractivity contribution in [2.75, 3.05) is 26.2 Å². The number of nitrogens with one attached hydrogen (secondary N) is 1. The first kappa shape index (κ1) is 15.0. The molecule has 1 heterocycles. The van der Waals surface area contributed by atoms with Crippen molar-refractivity contribution in [3.05, 3.63) is 33.6 Å². The van der Waals surface area contributed by atoms with E-state index >= 15 is 0 Å².